The van der Waals surface area contributed by atoms with Crippen molar-refractivity contribution in [3.63, 3.8) is 0 Å². The number of benzene rings is 1. The van der Waals surface area contributed by atoms with Gasteiger partial charge in [-0.05, 0) is 30.5 Å². The van der Waals surface area contributed by atoms with E-state index in [4.69, 9.17) is 5.73 Å². The second-order valence-electron chi connectivity index (χ2n) is 4.54. The van der Waals surface area contributed by atoms with Crippen LogP contribution < -0.4 is 5.73 Å². The second kappa shape index (κ2) is 7.22. The molecule has 0 atom stereocenters. The third-order valence-electron chi connectivity index (χ3n) is 3.14. The summed E-state index contributed by atoms with van der Waals surface area (Å²) >= 11 is 0. The number of fused-ring (bicyclic) bond motifs is 1. The molecule has 18 heavy (non-hydrogen) atoms. The van der Waals surface area contributed by atoms with Gasteiger partial charge in [-0.15, -0.1) is 12.4 Å². The number of rotatable bonds is 5. The number of anilines is 1. The zero-order valence-electron chi connectivity index (χ0n) is 10.9. The molecule has 98 valence electrons. The van der Waals surface area contributed by atoms with Crippen molar-refractivity contribution in [1.29, 1.82) is 0 Å². The van der Waals surface area contributed by atoms with Crippen LogP contribution in [0.15, 0.2) is 30.3 Å². The second-order valence-corrected chi connectivity index (χ2v) is 4.54. The standard InChI is InChI=1S/C15H20N2.ClH/c1-2-3-4-5-9-13-11-12-8-6-7-10-14(12)17-15(13)16;/h6-8,10-11H,2-5,9H2,1H3,(H2,16,17);1H. The number of pyridine rings is 1. The summed E-state index contributed by atoms with van der Waals surface area (Å²) < 4.78 is 0. The average molecular weight is 265 g/mol. The van der Waals surface area contributed by atoms with Crippen LogP contribution in [0.25, 0.3) is 10.9 Å². The summed E-state index contributed by atoms with van der Waals surface area (Å²) in [5, 5.41) is 1.19. The normalized spacial score (nSPS) is 10.3. The highest BCUT2D eigenvalue weighted by molar-refractivity contribution is 5.85. The molecule has 0 aliphatic carbocycles. The molecular formula is C15H21ClN2. The van der Waals surface area contributed by atoms with Gasteiger partial charge in [-0.2, -0.15) is 0 Å². The number of nitrogen functional groups attached to an aromatic ring is 1. The first kappa shape index (κ1) is 14.8. The van der Waals surface area contributed by atoms with E-state index < -0.39 is 0 Å². The molecule has 2 aromatic rings. The number of nitrogens with two attached hydrogens (primary N) is 1. The van der Waals surface area contributed by atoms with E-state index in [0.29, 0.717) is 5.82 Å². The molecule has 0 radical (unpaired) electrons. The van der Waals surface area contributed by atoms with Crippen LogP contribution in [0.1, 0.15) is 38.2 Å². The van der Waals surface area contributed by atoms with E-state index in [1.807, 2.05) is 18.2 Å². The SMILES string of the molecule is CCCCCCc1cc2ccccc2nc1N.Cl. The van der Waals surface area contributed by atoms with Gasteiger partial charge in [0.1, 0.15) is 5.82 Å². The molecule has 2 N–H and O–H groups in total. The summed E-state index contributed by atoms with van der Waals surface area (Å²) in [5.41, 5.74) is 8.17. The van der Waals surface area contributed by atoms with Gasteiger partial charge >= 0.3 is 0 Å². The number of para-hydroxylation sites is 1. The Hall–Kier alpha value is -1.28. The Bertz CT molecular complexity index is 497. The molecular weight excluding hydrogens is 244 g/mol. The Kier molecular flexibility index (Phi) is 5.93. The molecule has 0 saturated heterocycles. The smallest absolute Gasteiger partial charge is 0.127 e. The minimum absolute atomic E-state index is 0. The monoisotopic (exact) mass is 264 g/mol. The first-order valence-electron chi connectivity index (χ1n) is 6.45. The lowest BCUT2D eigenvalue weighted by atomic mass is 10.0. The van der Waals surface area contributed by atoms with Gasteiger partial charge in [0, 0.05) is 5.39 Å². The van der Waals surface area contributed by atoms with Gasteiger partial charge in [0.05, 0.1) is 5.52 Å². The molecule has 0 spiro atoms. The number of halogens is 1. The Labute approximate surface area is 115 Å². The van der Waals surface area contributed by atoms with E-state index >= 15 is 0 Å². The van der Waals surface area contributed by atoms with Gasteiger partial charge in [-0.1, -0.05) is 44.4 Å². The molecule has 0 aliphatic heterocycles. The first-order chi connectivity index (χ1) is 8.31. The Balaban J connectivity index is 0.00000162. The van der Waals surface area contributed by atoms with Gasteiger partial charge in [-0.25, -0.2) is 4.98 Å². The highest BCUT2D eigenvalue weighted by Gasteiger charge is 2.03. The molecule has 0 fully saturated rings. The fourth-order valence-electron chi connectivity index (χ4n) is 2.12. The number of hydrogen-bond donors (Lipinski definition) is 1. The van der Waals surface area contributed by atoms with Gasteiger partial charge in [0.25, 0.3) is 0 Å². The van der Waals surface area contributed by atoms with Gasteiger partial charge in [0.2, 0.25) is 0 Å². The summed E-state index contributed by atoms with van der Waals surface area (Å²) in [4.78, 5) is 4.45. The van der Waals surface area contributed by atoms with Gasteiger partial charge in [-0.3, -0.25) is 0 Å². The lowest BCUT2D eigenvalue weighted by Crippen LogP contribution is -1.98. The Morgan fingerprint density at radius 2 is 1.89 bits per heavy atom. The maximum Gasteiger partial charge on any atom is 0.127 e. The van der Waals surface area contributed by atoms with Crippen LogP contribution in [-0.2, 0) is 6.42 Å². The van der Waals surface area contributed by atoms with Crippen LogP contribution in [0.4, 0.5) is 5.82 Å². The van der Waals surface area contributed by atoms with Crippen molar-refractivity contribution in [1.82, 2.24) is 4.98 Å². The van der Waals surface area contributed by atoms with E-state index in [0.717, 1.165) is 11.9 Å². The number of aromatic nitrogens is 1. The quantitative estimate of drug-likeness (QED) is 0.815. The summed E-state index contributed by atoms with van der Waals surface area (Å²) in [6, 6.07) is 10.3. The molecule has 0 saturated carbocycles. The largest absolute Gasteiger partial charge is 0.383 e. The van der Waals surface area contributed by atoms with Crippen molar-refractivity contribution in [2.45, 2.75) is 39.0 Å². The van der Waals surface area contributed by atoms with Crippen molar-refractivity contribution >= 4 is 29.1 Å². The van der Waals surface area contributed by atoms with Crippen LogP contribution in [-0.4, -0.2) is 4.98 Å². The third-order valence-corrected chi connectivity index (χ3v) is 3.14. The highest BCUT2D eigenvalue weighted by Crippen LogP contribution is 2.20. The van der Waals surface area contributed by atoms with Crippen molar-refractivity contribution in [2.24, 2.45) is 0 Å². The average Bonchev–Trinajstić information content (AvgIpc) is 2.35. The Morgan fingerprint density at radius 3 is 2.67 bits per heavy atom. The number of aryl methyl sites for hydroxylation is 1. The molecule has 1 heterocycles. The summed E-state index contributed by atoms with van der Waals surface area (Å²) in [6.07, 6.45) is 6.11. The molecule has 0 bridgehead atoms. The summed E-state index contributed by atoms with van der Waals surface area (Å²) in [6.45, 7) is 2.23. The zero-order valence-corrected chi connectivity index (χ0v) is 11.7. The minimum Gasteiger partial charge on any atom is -0.383 e. The molecule has 0 unspecified atom stereocenters. The van der Waals surface area contributed by atoms with Crippen LogP contribution in [0.5, 0.6) is 0 Å². The van der Waals surface area contributed by atoms with E-state index in [9.17, 15) is 0 Å². The van der Waals surface area contributed by atoms with Crippen molar-refractivity contribution in [2.75, 3.05) is 5.73 Å². The van der Waals surface area contributed by atoms with Crippen LogP contribution in [0.3, 0.4) is 0 Å². The highest BCUT2D eigenvalue weighted by atomic mass is 35.5. The molecule has 0 amide bonds. The van der Waals surface area contributed by atoms with Crippen molar-refractivity contribution in [3.05, 3.63) is 35.9 Å². The number of nitrogens with zero attached hydrogens (tertiary/aromatic N) is 1. The molecule has 2 rings (SSSR count). The van der Waals surface area contributed by atoms with E-state index in [-0.39, 0.29) is 12.4 Å². The fourth-order valence-corrected chi connectivity index (χ4v) is 2.12. The predicted molar refractivity (Wildman–Crippen MR) is 81.2 cm³/mol. The Morgan fingerprint density at radius 1 is 1.11 bits per heavy atom. The van der Waals surface area contributed by atoms with E-state index in [1.165, 1.54) is 36.6 Å². The summed E-state index contributed by atoms with van der Waals surface area (Å²) in [5.74, 6) is 0.695. The lowest BCUT2D eigenvalue weighted by Gasteiger charge is -2.06. The van der Waals surface area contributed by atoms with Crippen molar-refractivity contribution < 1.29 is 0 Å². The summed E-state index contributed by atoms with van der Waals surface area (Å²) in [7, 11) is 0. The molecule has 0 aliphatic rings. The minimum atomic E-state index is 0. The zero-order chi connectivity index (χ0) is 12.1. The van der Waals surface area contributed by atoms with Crippen LogP contribution in [0, 0.1) is 0 Å². The predicted octanol–water partition coefficient (Wildman–Crippen LogP) is 4.36. The number of unbranched alkanes of at least 4 members (excludes halogenated alkanes) is 3. The fraction of sp³-hybridized carbons (Fsp3) is 0.400. The number of hydrogen-bond acceptors (Lipinski definition) is 2. The molecule has 3 heteroatoms. The molecule has 1 aromatic carbocycles. The van der Waals surface area contributed by atoms with E-state index in [2.05, 4.69) is 24.0 Å². The van der Waals surface area contributed by atoms with Crippen molar-refractivity contribution in [3.8, 4) is 0 Å². The van der Waals surface area contributed by atoms with Gasteiger partial charge < -0.3 is 5.73 Å². The van der Waals surface area contributed by atoms with Gasteiger partial charge in [0.15, 0.2) is 0 Å². The molecule has 1 aromatic heterocycles. The van der Waals surface area contributed by atoms with E-state index in [1.54, 1.807) is 0 Å². The van der Waals surface area contributed by atoms with Crippen LogP contribution in [0.2, 0.25) is 0 Å². The lowest BCUT2D eigenvalue weighted by molar-refractivity contribution is 0.667. The topological polar surface area (TPSA) is 38.9 Å². The molecule has 2 nitrogen and oxygen atoms in total. The maximum atomic E-state index is 5.99. The third kappa shape index (κ3) is 3.61. The van der Waals surface area contributed by atoms with Crippen LogP contribution >= 0.6 is 12.4 Å². The first-order valence-corrected chi connectivity index (χ1v) is 6.45. The maximum absolute atomic E-state index is 5.99.